The molecular weight excluding hydrogens is 546 g/mol. The van der Waals surface area contributed by atoms with E-state index in [1.165, 1.54) is 11.8 Å². The van der Waals surface area contributed by atoms with Gasteiger partial charge in [-0.05, 0) is 71.2 Å². The highest BCUT2D eigenvalue weighted by atomic mass is 79.9. The van der Waals surface area contributed by atoms with Gasteiger partial charge in [0.1, 0.15) is 6.61 Å². The van der Waals surface area contributed by atoms with Gasteiger partial charge in [0.05, 0.1) is 17.3 Å². The predicted molar refractivity (Wildman–Crippen MR) is 146 cm³/mol. The van der Waals surface area contributed by atoms with Crippen LogP contribution in [0.25, 0.3) is 0 Å². The number of anilines is 1. The molecule has 0 aromatic heterocycles. The number of aryl methyl sites for hydroxylation is 1. The second-order valence-corrected chi connectivity index (χ2v) is 9.18. The maximum atomic E-state index is 12.1. The summed E-state index contributed by atoms with van der Waals surface area (Å²) in [6.45, 7) is 4.78. The molecule has 0 radical (unpaired) electrons. The zero-order valence-corrected chi connectivity index (χ0v) is 22.4. The van der Waals surface area contributed by atoms with E-state index in [4.69, 9.17) is 21.1 Å². The van der Waals surface area contributed by atoms with Crippen LogP contribution in [0.5, 0.6) is 11.5 Å². The summed E-state index contributed by atoms with van der Waals surface area (Å²) in [6, 6.07) is 18.5. The van der Waals surface area contributed by atoms with Crippen molar-refractivity contribution in [3.05, 3.63) is 86.8 Å². The third-order valence-corrected chi connectivity index (χ3v) is 5.75. The van der Waals surface area contributed by atoms with Crippen LogP contribution in [0.3, 0.4) is 0 Å². The number of hydrogen-bond acceptors (Lipinski definition) is 5. The molecular formula is C27H27BrClN3O4. The lowest BCUT2D eigenvalue weighted by atomic mass is 10.2. The molecule has 0 spiro atoms. The van der Waals surface area contributed by atoms with Crippen molar-refractivity contribution in [2.24, 2.45) is 5.10 Å². The Bertz CT molecular complexity index is 1230. The molecule has 2 amide bonds. The van der Waals surface area contributed by atoms with Gasteiger partial charge in [0.2, 0.25) is 11.8 Å². The van der Waals surface area contributed by atoms with E-state index in [9.17, 15) is 9.59 Å². The maximum absolute atomic E-state index is 12.1. The summed E-state index contributed by atoms with van der Waals surface area (Å²) in [7, 11) is 0. The van der Waals surface area contributed by atoms with Gasteiger partial charge in [-0.25, -0.2) is 5.43 Å². The van der Waals surface area contributed by atoms with E-state index in [2.05, 4.69) is 31.8 Å². The summed E-state index contributed by atoms with van der Waals surface area (Å²) < 4.78 is 12.5. The van der Waals surface area contributed by atoms with Gasteiger partial charge >= 0.3 is 0 Å². The monoisotopic (exact) mass is 571 g/mol. The van der Waals surface area contributed by atoms with Crippen molar-refractivity contribution >= 4 is 51.2 Å². The van der Waals surface area contributed by atoms with E-state index in [-0.39, 0.29) is 24.7 Å². The average Bonchev–Trinajstić information content (AvgIpc) is 2.83. The predicted octanol–water partition coefficient (Wildman–Crippen LogP) is 6.26. The molecule has 0 saturated heterocycles. The van der Waals surface area contributed by atoms with Crippen molar-refractivity contribution in [3.63, 3.8) is 0 Å². The molecule has 0 unspecified atom stereocenters. The topological polar surface area (TPSA) is 89.0 Å². The van der Waals surface area contributed by atoms with E-state index < -0.39 is 0 Å². The summed E-state index contributed by atoms with van der Waals surface area (Å²) in [5, 5.41) is 7.22. The van der Waals surface area contributed by atoms with Gasteiger partial charge < -0.3 is 14.8 Å². The smallest absolute Gasteiger partial charge is 0.240 e. The summed E-state index contributed by atoms with van der Waals surface area (Å²) in [6.07, 6.45) is 1.51. The third kappa shape index (κ3) is 8.70. The summed E-state index contributed by atoms with van der Waals surface area (Å²) in [5.74, 6) is 0.478. The van der Waals surface area contributed by atoms with Crippen LogP contribution in [0.2, 0.25) is 5.02 Å². The van der Waals surface area contributed by atoms with E-state index in [0.29, 0.717) is 45.5 Å². The second-order valence-electron chi connectivity index (χ2n) is 7.89. The van der Waals surface area contributed by atoms with Crippen LogP contribution < -0.4 is 20.2 Å². The summed E-state index contributed by atoms with van der Waals surface area (Å²) in [4.78, 5) is 24.1. The quantitative estimate of drug-likeness (QED) is 0.210. The van der Waals surface area contributed by atoms with Crippen molar-refractivity contribution in [3.8, 4) is 11.5 Å². The number of carbonyl (C=O) groups excluding carboxylic acids is 2. The Labute approximate surface area is 224 Å². The minimum absolute atomic E-state index is 0.0105. The minimum Gasteiger partial charge on any atom is -0.490 e. The molecule has 2 N–H and O–H groups in total. The molecule has 3 rings (SSSR count). The van der Waals surface area contributed by atoms with Gasteiger partial charge in [0.15, 0.2) is 11.5 Å². The molecule has 0 atom stereocenters. The van der Waals surface area contributed by atoms with Crippen LogP contribution in [0.15, 0.2) is 70.2 Å². The van der Waals surface area contributed by atoms with Crippen molar-refractivity contribution in [1.82, 2.24) is 5.43 Å². The lowest BCUT2D eigenvalue weighted by molar-refractivity contribution is -0.124. The van der Waals surface area contributed by atoms with Gasteiger partial charge in [-0.15, -0.1) is 0 Å². The Morgan fingerprint density at radius 3 is 2.50 bits per heavy atom. The zero-order chi connectivity index (χ0) is 25.9. The number of hydrazone groups is 1. The minimum atomic E-state index is -0.380. The number of hydrogen-bond donors (Lipinski definition) is 2. The van der Waals surface area contributed by atoms with Crippen LogP contribution in [0.4, 0.5) is 5.69 Å². The first-order valence-corrected chi connectivity index (χ1v) is 12.5. The molecule has 9 heteroatoms. The number of halogens is 2. The Kier molecular flexibility index (Phi) is 10.3. The van der Waals surface area contributed by atoms with Crippen LogP contribution in [-0.2, 0) is 16.2 Å². The molecule has 0 aliphatic rings. The van der Waals surface area contributed by atoms with E-state index in [1.807, 2.05) is 44.2 Å². The molecule has 0 saturated carbocycles. The van der Waals surface area contributed by atoms with Gasteiger partial charge in [-0.2, -0.15) is 5.10 Å². The largest absolute Gasteiger partial charge is 0.490 e. The van der Waals surface area contributed by atoms with E-state index in [1.54, 1.807) is 30.3 Å². The molecule has 0 bridgehead atoms. The average molecular weight is 573 g/mol. The molecule has 0 heterocycles. The number of benzene rings is 3. The van der Waals surface area contributed by atoms with Crippen LogP contribution in [0, 0.1) is 6.92 Å². The molecule has 0 aliphatic heterocycles. The lowest BCUT2D eigenvalue weighted by Gasteiger charge is -2.15. The first-order chi connectivity index (χ1) is 17.3. The summed E-state index contributed by atoms with van der Waals surface area (Å²) in [5.41, 5.74) is 5.95. The van der Waals surface area contributed by atoms with Crippen LogP contribution in [-0.4, -0.2) is 24.6 Å². The van der Waals surface area contributed by atoms with Crippen LogP contribution in [0.1, 0.15) is 36.5 Å². The van der Waals surface area contributed by atoms with Gasteiger partial charge in [-0.3, -0.25) is 9.59 Å². The Balaban J connectivity index is 1.54. The van der Waals surface area contributed by atoms with Crippen molar-refractivity contribution in [2.45, 2.75) is 33.3 Å². The number of amides is 2. The Morgan fingerprint density at radius 2 is 1.78 bits per heavy atom. The molecule has 3 aromatic rings. The highest BCUT2D eigenvalue weighted by Gasteiger charge is 2.13. The van der Waals surface area contributed by atoms with Crippen molar-refractivity contribution in [2.75, 3.05) is 11.9 Å². The molecule has 3 aromatic carbocycles. The molecule has 188 valence electrons. The maximum Gasteiger partial charge on any atom is 0.240 e. The van der Waals surface area contributed by atoms with Gasteiger partial charge in [-0.1, -0.05) is 47.5 Å². The number of carbonyl (C=O) groups is 2. The van der Waals surface area contributed by atoms with Crippen molar-refractivity contribution in [1.29, 1.82) is 0 Å². The first kappa shape index (κ1) is 27.2. The fourth-order valence-corrected chi connectivity index (χ4v) is 3.92. The van der Waals surface area contributed by atoms with Gasteiger partial charge in [0.25, 0.3) is 0 Å². The molecule has 36 heavy (non-hydrogen) atoms. The number of rotatable bonds is 11. The number of ether oxygens (including phenoxy) is 2. The summed E-state index contributed by atoms with van der Waals surface area (Å²) >= 11 is 9.45. The fraction of sp³-hybridized carbons (Fsp3) is 0.222. The first-order valence-electron chi connectivity index (χ1n) is 11.4. The Hall–Kier alpha value is -3.36. The van der Waals surface area contributed by atoms with Crippen LogP contribution >= 0.6 is 27.5 Å². The standard InChI is InChI=1S/C27H27BrClN3O4/c1-3-35-24-14-20(13-23(28)27(24)36-17-19-9-7-18(2)8-10-19)16-30-32-26(34)12-11-25(33)31-22-6-4-5-21(29)15-22/h4-10,13-16H,3,11-12,17H2,1-2H3,(H,31,33)(H,32,34). The van der Waals surface area contributed by atoms with Crippen molar-refractivity contribution < 1.29 is 19.1 Å². The highest BCUT2D eigenvalue weighted by molar-refractivity contribution is 9.10. The fourth-order valence-electron chi connectivity index (χ4n) is 3.16. The van der Waals surface area contributed by atoms with Gasteiger partial charge in [0, 0.05) is 23.6 Å². The third-order valence-electron chi connectivity index (χ3n) is 4.93. The molecule has 0 fully saturated rings. The highest BCUT2D eigenvalue weighted by Crippen LogP contribution is 2.37. The van der Waals surface area contributed by atoms with E-state index >= 15 is 0 Å². The second kappa shape index (κ2) is 13.7. The SMILES string of the molecule is CCOc1cc(C=NNC(=O)CCC(=O)Nc2cccc(Cl)c2)cc(Br)c1OCc1ccc(C)cc1. The Morgan fingerprint density at radius 1 is 1.03 bits per heavy atom. The normalized spacial score (nSPS) is 10.8. The molecule has 7 nitrogen and oxygen atoms in total. The lowest BCUT2D eigenvalue weighted by Crippen LogP contribution is -2.20. The van der Waals surface area contributed by atoms with E-state index in [0.717, 1.165) is 5.56 Å². The number of nitrogens with one attached hydrogen (secondary N) is 2. The molecule has 0 aliphatic carbocycles. The number of nitrogens with zero attached hydrogens (tertiary/aromatic N) is 1. The zero-order valence-electron chi connectivity index (χ0n) is 20.0.